The van der Waals surface area contributed by atoms with Gasteiger partial charge >= 0.3 is 0 Å². The first-order valence-corrected chi connectivity index (χ1v) is 15.5. The van der Waals surface area contributed by atoms with Crippen LogP contribution in [0.5, 0.6) is 5.75 Å². The Hall–Kier alpha value is -4.88. The minimum atomic E-state index is -0.447. The van der Waals surface area contributed by atoms with Gasteiger partial charge in [0.05, 0.1) is 0 Å². The molecular weight excluding hydrogens is 532 g/mol. The third-order valence-electron chi connectivity index (χ3n) is 9.30. The number of phenolic OH excluding ortho intramolecular Hbond substituents is 1. The van der Waals surface area contributed by atoms with Gasteiger partial charge in [0, 0.05) is 11.3 Å². The number of hydrogen-bond acceptors (Lipinski definition) is 1. The summed E-state index contributed by atoms with van der Waals surface area (Å²) in [6, 6.07) is 48.7. The van der Waals surface area contributed by atoms with Crippen LogP contribution < -0.4 is 0 Å². The number of allylic oxidation sites excluding steroid dienone is 5. The second-order valence-electron chi connectivity index (χ2n) is 12.5. The second kappa shape index (κ2) is 12.4. The fourth-order valence-corrected chi connectivity index (χ4v) is 6.92. The fourth-order valence-electron chi connectivity index (χ4n) is 6.92. The number of benzene rings is 5. The highest BCUT2D eigenvalue weighted by molar-refractivity contribution is 6.06. The Morgan fingerprint density at radius 2 is 1.23 bits per heavy atom. The summed E-state index contributed by atoms with van der Waals surface area (Å²) in [6.07, 6.45) is 3.46. The van der Waals surface area contributed by atoms with Crippen molar-refractivity contribution in [1.82, 2.24) is 0 Å². The zero-order chi connectivity index (χ0) is 30.7. The minimum Gasteiger partial charge on any atom is -0.508 e. The molecule has 0 bridgehead atoms. The summed E-state index contributed by atoms with van der Waals surface area (Å²) in [7, 11) is 0. The van der Waals surface area contributed by atoms with Crippen molar-refractivity contribution in [3.05, 3.63) is 197 Å². The molecule has 218 valence electrons. The van der Waals surface area contributed by atoms with Crippen molar-refractivity contribution >= 4 is 11.1 Å². The molecule has 1 aliphatic rings. The van der Waals surface area contributed by atoms with Gasteiger partial charge in [0.1, 0.15) is 5.75 Å². The van der Waals surface area contributed by atoms with Gasteiger partial charge in [0.25, 0.3) is 0 Å². The van der Waals surface area contributed by atoms with Gasteiger partial charge in [-0.25, -0.2) is 0 Å². The summed E-state index contributed by atoms with van der Waals surface area (Å²) in [5.74, 6) is 0.967. The maximum atomic E-state index is 10.7. The Labute approximate surface area is 262 Å². The predicted octanol–water partition coefficient (Wildman–Crippen LogP) is 11.0. The SMILES string of the molecule is C=C(/C(=C(\C=C1/CC(c2ccccc2)C1c1ccccc1)C(C)(C)c1cc(O)ccc1C)c1ccccc1)c1ccccc1. The van der Waals surface area contributed by atoms with Crippen molar-refractivity contribution in [1.29, 1.82) is 0 Å². The highest BCUT2D eigenvalue weighted by Gasteiger charge is 2.40. The third kappa shape index (κ3) is 5.71. The highest BCUT2D eigenvalue weighted by atomic mass is 16.3. The van der Waals surface area contributed by atoms with Crippen LogP contribution in [-0.4, -0.2) is 5.11 Å². The van der Waals surface area contributed by atoms with Crippen LogP contribution in [0.4, 0.5) is 0 Å². The van der Waals surface area contributed by atoms with Crippen LogP contribution in [0.3, 0.4) is 0 Å². The Kier molecular flexibility index (Phi) is 8.22. The normalized spacial score (nSPS) is 17.9. The lowest BCUT2D eigenvalue weighted by Gasteiger charge is -2.42. The largest absolute Gasteiger partial charge is 0.508 e. The Morgan fingerprint density at radius 3 is 1.82 bits per heavy atom. The molecule has 5 aromatic carbocycles. The molecule has 1 fully saturated rings. The third-order valence-corrected chi connectivity index (χ3v) is 9.30. The first-order valence-electron chi connectivity index (χ1n) is 15.5. The van der Waals surface area contributed by atoms with Gasteiger partial charge in [0.2, 0.25) is 0 Å². The van der Waals surface area contributed by atoms with Crippen molar-refractivity contribution in [2.45, 2.75) is 44.4 Å². The van der Waals surface area contributed by atoms with E-state index in [0.29, 0.717) is 5.92 Å². The summed E-state index contributed by atoms with van der Waals surface area (Å²) >= 11 is 0. The van der Waals surface area contributed by atoms with Crippen molar-refractivity contribution in [2.24, 2.45) is 0 Å². The standard InChI is InChI=1S/C43H40O/c1-30-25-26-37(44)29-39(30)43(3,4)40(41(34-21-13-7-14-22-34)31(2)32-17-9-5-10-18-32)28-36-27-38(33-19-11-6-12-20-33)42(36)35-23-15-8-16-24-35/h5-26,28-29,38,42,44H,2,27H2,1,3-4H3/b36-28+,41-40-. The molecule has 1 nitrogen and oxygen atoms in total. The molecule has 2 atom stereocenters. The van der Waals surface area contributed by atoms with Crippen LogP contribution >= 0.6 is 0 Å². The van der Waals surface area contributed by atoms with E-state index in [-0.39, 0.29) is 11.7 Å². The van der Waals surface area contributed by atoms with Crippen molar-refractivity contribution in [3.8, 4) is 5.75 Å². The number of phenols is 1. The van der Waals surface area contributed by atoms with Crippen LogP contribution in [0.1, 0.15) is 65.5 Å². The smallest absolute Gasteiger partial charge is 0.115 e. The Balaban J connectivity index is 1.62. The minimum absolute atomic E-state index is 0.275. The van der Waals surface area contributed by atoms with E-state index in [9.17, 15) is 5.11 Å². The summed E-state index contributed by atoms with van der Waals surface area (Å²) in [6.45, 7) is 11.4. The maximum Gasteiger partial charge on any atom is 0.115 e. The van der Waals surface area contributed by atoms with Gasteiger partial charge in [-0.1, -0.05) is 159 Å². The molecule has 0 saturated heterocycles. The van der Waals surface area contributed by atoms with Gasteiger partial charge in [-0.05, 0) is 81.5 Å². The molecule has 0 spiro atoms. The van der Waals surface area contributed by atoms with E-state index in [1.54, 1.807) is 6.07 Å². The second-order valence-corrected chi connectivity index (χ2v) is 12.5. The molecule has 0 heterocycles. The lowest BCUT2D eigenvalue weighted by atomic mass is 9.61. The van der Waals surface area contributed by atoms with Crippen LogP contribution in [0.25, 0.3) is 11.1 Å². The molecule has 1 aliphatic carbocycles. The van der Waals surface area contributed by atoms with Gasteiger partial charge < -0.3 is 5.11 Å². The lowest BCUT2D eigenvalue weighted by Crippen LogP contribution is -2.28. The Bertz CT molecular complexity index is 1810. The van der Waals surface area contributed by atoms with Gasteiger partial charge in [-0.3, -0.25) is 0 Å². The van der Waals surface area contributed by atoms with Gasteiger partial charge in [-0.2, -0.15) is 0 Å². The van der Waals surface area contributed by atoms with Gasteiger partial charge in [-0.15, -0.1) is 0 Å². The lowest BCUT2D eigenvalue weighted by molar-refractivity contribution is 0.466. The summed E-state index contributed by atoms with van der Waals surface area (Å²) < 4.78 is 0. The van der Waals surface area contributed by atoms with E-state index in [1.165, 1.54) is 22.3 Å². The first-order chi connectivity index (χ1) is 21.3. The summed E-state index contributed by atoms with van der Waals surface area (Å²) in [5.41, 5.74) is 11.5. The van der Waals surface area contributed by atoms with Crippen molar-refractivity contribution < 1.29 is 5.11 Å². The van der Waals surface area contributed by atoms with E-state index in [2.05, 4.69) is 142 Å². The molecule has 2 unspecified atom stereocenters. The van der Waals surface area contributed by atoms with Gasteiger partial charge in [0.15, 0.2) is 0 Å². The number of aromatic hydroxyl groups is 1. The van der Waals surface area contributed by atoms with Crippen LogP contribution in [-0.2, 0) is 5.41 Å². The van der Waals surface area contributed by atoms with Crippen LogP contribution in [0.15, 0.2) is 163 Å². The van der Waals surface area contributed by atoms with E-state index in [4.69, 9.17) is 6.58 Å². The average Bonchev–Trinajstić information content (AvgIpc) is 3.04. The molecule has 0 amide bonds. The number of rotatable bonds is 8. The van der Waals surface area contributed by atoms with Crippen molar-refractivity contribution in [3.63, 3.8) is 0 Å². The molecule has 0 aliphatic heterocycles. The molecular formula is C43H40O. The van der Waals surface area contributed by atoms with Crippen molar-refractivity contribution in [2.75, 3.05) is 0 Å². The quantitative estimate of drug-likeness (QED) is 0.183. The summed E-state index contributed by atoms with van der Waals surface area (Å²) in [5, 5.41) is 10.7. The zero-order valence-electron chi connectivity index (χ0n) is 25.9. The van der Waals surface area contributed by atoms with E-state index in [1.807, 2.05) is 18.2 Å². The molecule has 0 aromatic heterocycles. The summed E-state index contributed by atoms with van der Waals surface area (Å²) in [4.78, 5) is 0. The molecule has 1 N–H and O–H groups in total. The molecule has 1 heteroatoms. The maximum absolute atomic E-state index is 10.7. The topological polar surface area (TPSA) is 20.2 Å². The van der Waals surface area contributed by atoms with E-state index >= 15 is 0 Å². The molecule has 6 rings (SSSR count). The predicted molar refractivity (Wildman–Crippen MR) is 186 cm³/mol. The molecule has 1 saturated carbocycles. The number of hydrogen-bond donors (Lipinski definition) is 1. The monoisotopic (exact) mass is 572 g/mol. The first kappa shape index (κ1) is 29.2. The number of aryl methyl sites for hydroxylation is 1. The zero-order valence-corrected chi connectivity index (χ0v) is 25.9. The van der Waals surface area contributed by atoms with Crippen LogP contribution in [0, 0.1) is 6.92 Å². The molecule has 0 radical (unpaired) electrons. The molecule has 44 heavy (non-hydrogen) atoms. The molecule has 5 aromatic rings. The highest BCUT2D eigenvalue weighted by Crippen LogP contribution is 2.55. The van der Waals surface area contributed by atoms with Crippen LogP contribution in [0.2, 0.25) is 0 Å². The van der Waals surface area contributed by atoms with E-state index in [0.717, 1.165) is 39.8 Å². The Morgan fingerprint density at radius 1 is 0.705 bits per heavy atom. The average molecular weight is 573 g/mol. The fraction of sp³-hybridized carbons (Fsp3) is 0.163. The van der Waals surface area contributed by atoms with E-state index < -0.39 is 5.41 Å².